The van der Waals surface area contributed by atoms with Crippen LogP contribution < -0.4 is 16.2 Å². The van der Waals surface area contributed by atoms with Gasteiger partial charge in [0, 0.05) is 41.9 Å². The van der Waals surface area contributed by atoms with E-state index >= 15 is 0 Å². The largest absolute Gasteiger partial charge is 0.369 e. The average Bonchev–Trinajstić information content (AvgIpc) is 2.38. The Morgan fingerprint density at radius 3 is 2.94 bits per heavy atom. The Hall–Kier alpha value is -1.47. The molecule has 1 heterocycles. The number of thioether (sulfide) groups is 1. The van der Waals surface area contributed by atoms with Crippen molar-refractivity contribution in [1.82, 2.24) is 0 Å². The van der Waals surface area contributed by atoms with Crippen LogP contribution in [0.25, 0.3) is 0 Å². The van der Waals surface area contributed by atoms with Crippen LogP contribution in [0.15, 0.2) is 18.2 Å². The van der Waals surface area contributed by atoms with Crippen molar-refractivity contribution in [2.75, 3.05) is 29.2 Å². The van der Waals surface area contributed by atoms with Gasteiger partial charge in [0.15, 0.2) is 0 Å². The molecule has 0 aromatic heterocycles. The number of anilines is 2. The third-order valence-electron chi connectivity index (χ3n) is 2.89. The Morgan fingerprint density at radius 1 is 1.56 bits per heavy atom. The van der Waals surface area contributed by atoms with Crippen LogP contribution in [-0.2, 0) is 0 Å². The first-order valence-corrected chi connectivity index (χ1v) is 6.77. The first kappa shape index (κ1) is 13.0. The molecule has 1 atom stereocenters. The third-order valence-corrected chi connectivity index (χ3v) is 4.02. The molecule has 98 valence electrons. The van der Waals surface area contributed by atoms with Crippen molar-refractivity contribution in [1.29, 1.82) is 0 Å². The highest BCUT2D eigenvalue weighted by atomic mass is 32.2. The lowest BCUT2D eigenvalue weighted by atomic mass is 10.2. The molecule has 0 aliphatic carbocycles. The van der Waals surface area contributed by atoms with Gasteiger partial charge in [0.1, 0.15) is 0 Å². The molecule has 0 spiro atoms. The highest BCUT2D eigenvalue weighted by Crippen LogP contribution is 2.29. The Labute approximate surface area is 110 Å². The van der Waals surface area contributed by atoms with Crippen LogP contribution in [0.2, 0.25) is 0 Å². The number of benzene rings is 1. The maximum Gasteiger partial charge on any atom is 0.273 e. The molecular formula is C11H16N4O2S. The molecule has 1 aromatic rings. The highest BCUT2D eigenvalue weighted by Gasteiger charge is 2.19. The summed E-state index contributed by atoms with van der Waals surface area (Å²) in [5.74, 6) is 6.39. The van der Waals surface area contributed by atoms with Crippen LogP contribution in [0.1, 0.15) is 6.92 Å². The molecule has 0 radical (unpaired) electrons. The molecule has 18 heavy (non-hydrogen) atoms. The quantitative estimate of drug-likeness (QED) is 0.494. The average molecular weight is 268 g/mol. The van der Waals surface area contributed by atoms with Crippen molar-refractivity contribution >= 4 is 28.8 Å². The van der Waals surface area contributed by atoms with Gasteiger partial charge in [-0.25, -0.2) is 0 Å². The molecule has 1 aliphatic rings. The number of nitrogens with two attached hydrogens (primary N) is 1. The first-order valence-electron chi connectivity index (χ1n) is 5.73. The van der Waals surface area contributed by atoms with Crippen molar-refractivity contribution in [3.05, 3.63) is 28.3 Å². The van der Waals surface area contributed by atoms with E-state index in [1.54, 1.807) is 6.07 Å². The van der Waals surface area contributed by atoms with Crippen LogP contribution in [-0.4, -0.2) is 29.0 Å². The Bertz CT molecular complexity index is 455. The lowest BCUT2D eigenvalue weighted by Crippen LogP contribution is -2.36. The maximum atomic E-state index is 10.9. The van der Waals surface area contributed by atoms with Crippen molar-refractivity contribution < 1.29 is 4.92 Å². The molecule has 3 N–H and O–H groups in total. The number of hydrogen-bond donors (Lipinski definition) is 2. The number of nitrogen functional groups attached to an aromatic ring is 1. The SMILES string of the molecule is CC1CN(c2cc(NN)cc([N+](=O)[O-])c2)CCS1. The minimum absolute atomic E-state index is 0.0614. The summed E-state index contributed by atoms with van der Waals surface area (Å²) in [6, 6.07) is 4.88. The minimum Gasteiger partial charge on any atom is -0.369 e. The summed E-state index contributed by atoms with van der Waals surface area (Å²) in [4.78, 5) is 12.6. The van der Waals surface area contributed by atoms with E-state index in [0.717, 1.165) is 24.5 Å². The number of nitrogens with zero attached hydrogens (tertiary/aromatic N) is 2. The normalized spacial score (nSPS) is 19.7. The summed E-state index contributed by atoms with van der Waals surface area (Å²) in [5.41, 5.74) is 3.95. The van der Waals surface area contributed by atoms with E-state index in [9.17, 15) is 10.1 Å². The van der Waals surface area contributed by atoms with Crippen LogP contribution in [0.4, 0.5) is 17.1 Å². The van der Waals surface area contributed by atoms with E-state index in [0.29, 0.717) is 10.9 Å². The molecule has 1 saturated heterocycles. The highest BCUT2D eigenvalue weighted by molar-refractivity contribution is 8.00. The number of hydrogen-bond acceptors (Lipinski definition) is 6. The van der Waals surface area contributed by atoms with Crippen molar-refractivity contribution in [3.63, 3.8) is 0 Å². The summed E-state index contributed by atoms with van der Waals surface area (Å²) in [6.45, 7) is 3.96. The molecule has 2 rings (SSSR count). The lowest BCUT2D eigenvalue weighted by molar-refractivity contribution is -0.384. The topological polar surface area (TPSA) is 84.4 Å². The van der Waals surface area contributed by atoms with Crippen LogP contribution in [0.5, 0.6) is 0 Å². The standard InChI is InChI=1S/C11H16N4O2S/c1-8-7-14(2-3-18-8)10-4-9(13-12)5-11(6-10)15(16)17/h4-6,8,13H,2-3,7,12H2,1H3. The molecule has 6 nitrogen and oxygen atoms in total. The number of rotatable bonds is 3. The van der Waals surface area contributed by atoms with E-state index in [1.165, 1.54) is 6.07 Å². The predicted molar refractivity (Wildman–Crippen MR) is 75.0 cm³/mol. The van der Waals surface area contributed by atoms with E-state index in [4.69, 9.17) is 5.84 Å². The van der Waals surface area contributed by atoms with Gasteiger partial charge in [0.05, 0.1) is 10.6 Å². The zero-order valence-electron chi connectivity index (χ0n) is 10.1. The van der Waals surface area contributed by atoms with E-state index < -0.39 is 4.92 Å². The monoisotopic (exact) mass is 268 g/mol. The number of nitro groups is 1. The van der Waals surface area contributed by atoms with Gasteiger partial charge in [-0.15, -0.1) is 0 Å². The number of non-ortho nitro benzene ring substituents is 1. The second-order valence-corrected chi connectivity index (χ2v) is 5.81. The maximum absolute atomic E-state index is 10.9. The lowest BCUT2D eigenvalue weighted by Gasteiger charge is -2.32. The first-order chi connectivity index (χ1) is 8.60. The second kappa shape index (κ2) is 5.45. The van der Waals surface area contributed by atoms with Gasteiger partial charge < -0.3 is 10.3 Å². The van der Waals surface area contributed by atoms with Crippen LogP contribution in [0, 0.1) is 10.1 Å². The van der Waals surface area contributed by atoms with Crippen LogP contribution >= 0.6 is 11.8 Å². The summed E-state index contributed by atoms with van der Waals surface area (Å²) < 4.78 is 0. The van der Waals surface area contributed by atoms with E-state index in [2.05, 4.69) is 17.2 Å². The predicted octanol–water partition coefficient (Wildman–Crippen LogP) is 1.82. The molecule has 1 aliphatic heterocycles. The number of hydrazine groups is 1. The van der Waals surface area contributed by atoms with Crippen molar-refractivity contribution in [2.24, 2.45) is 5.84 Å². The van der Waals surface area contributed by atoms with Gasteiger partial charge in [0.25, 0.3) is 5.69 Å². The molecular weight excluding hydrogens is 252 g/mol. The smallest absolute Gasteiger partial charge is 0.273 e. The van der Waals surface area contributed by atoms with Crippen molar-refractivity contribution in [2.45, 2.75) is 12.2 Å². The van der Waals surface area contributed by atoms with Gasteiger partial charge in [-0.1, -0.05) is 6.92 Å². The van der Waals surface area contributed by atoms with Crippen molar-refractivity contribution in [3.8, 4) is 0 Å². The summed E-state index contributed by atoms with van der Waals surface area (Å²) in [6.07, 6.45) is 0. The fourth-order valence-electron chi connectivity index (χ4n) is 2.02. The Balaban J connectivity index is 2.31. The fourth-order valence-corrected chi connectivity index (χ4v) is 3.03. The van der Waals surface area contributed by atoms with Gasteiger partial charge >= 0.3 is 0 Å². The molecule has 0 amide bonds. The summed E-state index contributed by atoms with van der Waals surface area (Å²) >= 11 is 1.92. The van der Waals surface area contributed by atoms with Gasteiger partial charge in [0.2, 0.25) is 0 Å². The minimum atomic E-state index is -0.396. The Kier molecular flexibility index (Phi) is 3.93. The number of nitro benzene ring substituents is 1. The van der Waals surface area contributed by atoms with E-state index in [1.807, 2.05) is 17.8 Å². The van der Waals surface area contributed by atoms with Crippen LogP contribution in [0.3, 0.4) is 0 Å². The zero-order chi connectivity index (χ0) is 13.1. The third kappa shape index (κ3) is 2.85. The molecule has 7 heteroatoms. The molecule has 1 aromatic carbocycles. The number of nitrogens with one attached hydrogen (secondary N) is 1. The summed E-state index contributed by atoms with van der Waals surface area (Å²) in [5, 5.41) is 11.4. The fraction of sp³-hybridized carbons (Fsp3) is 0.455. The molecule has 1 fully saturated rings. The van der Waals surface area contributed by atoms with E-state index in [-0.39, 0.29) is 5.69 Å². The van der Waals surface area contributed by atoms with Gasteiger partial charge in [-0.05, 0) is 6.07 Å². The zero-order valence-corrected chi connectivity index (χ0v) is 10.9. The molecule has 0 saturated carbocycles. The van der Waals surface area contributed by atoms with Gasteiger partial charge in [-0.2, -0.15) is 11.8 Å². The second-order valence-electron chi connectivity index (χ2n) is 4.27. The summed E-state index contributed by atoms with van der Waals surface area (Å²) in [7, 11) is 0. The molecule has 1 unspecified atom stereocenters. The van der Waals surface area contributed by atoms with Gasteiger partial charge in [-0.3, -0.25) is 16.0 Å². The Morgan fingerprint density at radius 2 is 2.33 bits per heavy atom. The molecule has 0 bridgehead atoms.